The molecule has 2 heterocycles. The van der Waals surface area contributed by atoms with Crippen LogP contribution in [0.25, 0.3) is 5.69 Å². The lowest BCUT2D eigenvalue weighted by atomic mass is 9.90. The van der Waals surface area contributed by atoms with Gasteiger partial charge >= 0.3 is 23.9 Å². The molecule has 1 unspecified atom stereocenters. The van der Waals surface area contributed by atoms with Gasteiger partial charge in [0.25, 0.3) is 0 Å². The molecule has 2 fully saturated rings. The van der Waals surface area contributed by atoms with Gasteiger partial charge in [-0.25, -0.2) is 19.2 Å². The molecule has 2 aliphatic rings. The predicted molar refractivity (Wildman–Crippen MR) is 184 cm³/mol. The highest BCUT2D eigenvalue weighted by atomic mass is 16.6. The third kappa shape index (κ3) is 10.9. The number of nitrogens with zero attached hydrogens (tertiary/aromatic N) is 4. The largest absolute Gasteiger partial charge is 0.465 e. The third-order valence-electron chi connectivity index (χ3n) is 8.57. The number of rotatable bonds is 9. The number of anilines is 1. The van der Waals surface area contributed by atoms with Crippen molar-refractivity contribution in [1.82, 2.24) is 35.3 Å². The van der Waals surface area contributed by atoms with E-state index in [1.165, 1.54) is 4.57 Å². The summed E-state index contributed by atoms with van der Waals surface area (Å²) in [6, 6.07) is 9.40. The molecule has 1 aromatic heterocycles. The van der Waals surface area contributed by atoms with Gasteiger partial charge in [-0.2, -0.15) is 4.98 Å². The average Bonchev–Trinajstić information content (AvgIpc) is 3.01. The zero-order valence-electron chi connectivity index (χ0n) is 29.2. The molecule has 0 bridgehead atoms. The minimum Gasteiger partial charge on any atom is -0.465 e. The van der Waals surface area contributed by atoms with Crippen molar-refractivity contribution in [2.75, 3.05) is 31.5 Å². The van der Waals surface area contributed by atoms with Crippen LogP contribution in [0.2, 0.25) is 0 Å². The van der Waals surface area contributed by atoms with Gasteiger partial charge in [-0.3, -0.25) is 14.7 Å². The van der Waals surface area contributed by atoms with Crippen LogP contribution in [0, 0.1) is 0 Å². The summed E-state index contributed by atoms with van der Waals surface area (Å²) in [5.74, 6) is -0.161. The lowest BCUT2D eigenvalue weighted by molar-refractivity contribution is -0.138. The number of benzene rings is 1. The van der Waals surface area contributed by atoms with Crippen molar-refractivity contribution in [3.63, 3.8) is 0 Å². The Balaban J connectivity index is 1.24. The van der Waals surface area contributed by atoms with Crippen LogP contribution in [0.5, 0.6) is 0 Å². The minimum absolute atomic E-state index is 0.0255. The monoisotopic (exact) mass is 682 g/mol. The standard InChI is InChI=1S/C34H50N8O7/c1-22(35-24-9-11-25(12-10-24)36-31(46)47)21-23-7-13-26(14-8-23)42-16-15-27(38-30(42)45)37-29(44)41-19-17-40(18-20-41)28(43)34(5,6)39-32(48)49-33(2,3)4/h7-8,13-16,22,24-25,35-36H,9-12,17-21H2,1-6H3,(H,39,48)(H,46,47)(H,37,38,44,45)/t22?,24-,25+. The fraction of sp³-hybridized carbons (Fsp3) is 0.588. The van der Waals surface area contributed by atoms with Crippen molar-refractivity contribution in [3.05, 3.63) is 52.6 Å². The smallest absolute Gasteiger partial charge is 0.408 e. The summed E-state index contributed by atoms with van der Waals surface area (Å²) in [6.07, 6.45) is 4.22. The summed E-state index contributed by atoms with van der Waals surface area (Å²) in [5.41, 5.74) is -0.669. The van der Waals surface area contributed by atoms with Crippen LogP contribution in [0.3, 0.4) is 0 Å². The summed E-state index contributed by atoms with van der Waals surface area (Å²) in [7, 11) is 0. The Morgan fingerprint density at radius 2 is 1.51 bits per heavy atom. The Morgan fingerprint density at radius 1 is 0.918 bits per heavy atom. The number of nitrogens with one attached hydrogen (secondary N) is 4. The molecular formula is C34H50N8O7. The highest BCUT2D eigenvalue weighted by Crippen LogP contribution is 2.20. The number of carboxylic acid groups (broad SMARTS) is 1. The van der Waals surface area contributed by atoms with Crippen molar-refractivity contribution in [3.8, 4) is 5.69 Å². The Kier molecular flexibility index (Phi) is 11.9. The van der Waals surface area contributed by atoms with Crippen molar-refractivity contribution < 1.29 is 29.0 Å². The first-order valence-electron chi connectivity index (χ1n) is 16.8. The van der Waals surface area contributed by atoms with Gasteiger partial charge in [0.2, 0.25) is 5.91 Å². The predicted octanol–water partition coefficient (Wildman–Crippen LogP) is 3.31. The summed E-state index contributed by atoms with van der Waals surface area (Å²) < 4.78 is 6.68. The van der Waals surface area contributed by atoms with Crippen molar-refractivity contribution in [2.45, 2.75) is 103 Å². The van der Waals surface area contributed by atoms with Crippen LogP contribution in [-0.2, 0) is 16.0 Å². The van der Waals surface area contributed by atoms with Crippen LogP contribution in [0.15, 0.2) is 41.3 Å². The molecule has 1 atom stereocenters. The van der Waals surface area contributed by atoms with Gasteiger partial charge in [-0.15, -0.1) is 0 Å². The highest BCUT2D eigenvalue weighted by molar-refractivity contribution is 5.90. The van der Waals surface area contributed by atoms with E-state index in [-0.39, 0.29) is 50.0 Å². The number of hydrogen-bond donors (Lipinski definition) is 5. The molecule has 268 valence electrons. The number of amides is 5. The number of aromatic nitrogens is 2. The maximum Gasteiger partial charge on any atom is 0.408 e. The zero-order valence-corrected chi connectivity index (χ0v) is 29.2. The molecule has 1 saturated carbocycles. The molecule has 0 spiro atoms. The minimum atomic E-state index is -1.19. The number of urea groups is 1. The molecule has 15 heteroatoms. The van der Waals surface area contributed by atoms with Gasteiger partial charge in [-0.05, 0) is 97.4 Å². The molecule has 5 N–H and O–H groups in total. The lowest BCUT2D eigenvalue weighted by Crippen LogP contribution is -2.60. The molecule has 4 rings (SSSR count). The maximum absolute atomic E-state index is 13.1. The Bertz CT molecular complexity index is 1540. The van der Waals surface area contributed by atoms with Crippen LogP contribution in [-0.4, -0.2) is 104 Å². The van der Waals surface area contributed by atoms with Crippen molar-refractivity contribution >= 4 is 29.9 Å². The summed E-state index contributed by atoms with van der Waals surface area (Å²) in [6.45, 7) is 11.7. The lowest BCUT2D eigenvalue weighted by Gasteiger charge is -2.38. The second-order valence-corrected chi connectivity index (χ2v) is 14.4. The van der Waals surface area contributed by atoms with E-state index in [2.05, 4.69) is 33.2 Å². The normalized spacial score (nSPS) is 19.1. The van der Waals surface area contributed by atoms with Crippen LogP contribution in [0.1, 0.15) is 72.8 Å². The highest BCUT2D eigenvalue weighted by Gasteiger charge is 2.37. The fourth-order valence-electron chi connectivity index (χ4n) is 6.16. The van der Waals surface area contributed by atoms with Crippen LogP contribution < -0.4 is 27.0 Å². The Morgan fingerprint density at radius 3 is 2.08 bits per heavy atom. The SMILES string of the molecule is CC(Cc1ccc(-n2ccc(NC(=O)N3CCN(C(=O)C(C)(C)NC(=O)OC(C)(C)C)CC3)nc2=O)cc1)N[C@H]1CC[C@@H](NC(=O)O)CC1. The van der Waals surface area contributed by atoms with Crippen LogP contribution >= 0.6 is 0 Å². The first-order valence-corrected chi connectivity index (χ1v) is 16.8. The van der Waals surface area contributed by atoms with E-state index in [0.29, 0.717) is 11.7 Å². The number of hydrogen-bond acceptors (Lipinski definition) is 8. The fourth-order valence-corrected chi connectivity index (χ4v) is 6.16. The number of piperazine rings is 1. The summed E-state index contributed by atoms with van der Waals surface area (Å²) >= 11 is 0. The molecule has 1 aromatic carbocycles. The molecule has 49 heavy (non-hydrogen) atoms. The topological polar surface area (TPSA) is 187 Å². The van der Waals surface area contributed by atoms with E-state index in [1.54, 1.807) is 56.7 Å². The summed E-state index contributed by atoms with van der Waals surface area (Å²) in [5, 5.41) is 20.5. The molecule has 0 radical (unpaired) electrons. The second kappa shape index (κ2) is 15.7. The van der Waals surface area contributed by atoms with Gasteiger partial charge in [0.05, 0.1) is 5.69 Å². The quantitative estimate of drug-likeness (QED) is 0.265. The first-order chi connectivity index (χ1) is 23.0. The van der Waals surface area contributed by atoms with Crippen molar-refractivity contribution in [1.29, 1.82) is 0 Å². The van der Waals surface area contributed by atoms with E-state index in [0.717, 1.165) is 37.7 Å². The first kappa shape index (κ1) is 37.2. The van der Waals surface area contributed by atoms with E-state index in [1.807, 2.05) is 24.3 Å². The van der Waals surface area contributed by atoms with Gasteiger partial charge in [0.1, 0.15) is 17.0 Å². The molecule has 1 aliphatic carbocycles. The van der Waals surface area contributed by atoms with Crippen LogP contribution in [0.4, 0.5) is 20.2 Å². The van der Waals surface area contributed by atoms with E-state index in [4.69, 9.17) is 9.84 Å². The van der Waals surface area contributed by atoms with Gasteiger partial charge in [0.15, 0.2) is 0 Å². The van der Waals surface area contributed by atoms with Gasteiger partial charge in [0, 0.05) is 50.5 Å². The number of alkyl carbamates (subject to hydrolysis) is 1. The summed E-state index contributed by atoms with van der Waals surface area (Å²) in [4.78, 5) is 69.2. The average molecular weight is 683 g/mol. The molecule has 5 amide bonds. The van der Waals surface area contributed by atoms with Gasteiger partial charge in [-0.1, -0.05) is 12.1 Å². The number of ether oxygens (including phenoxy) is 1. The Hall–Kier alpha value is -4.66. The maximum atomic E-state index is 13.1. The van der Waals surface area contributed by atoms with Gasteiger partial charge < -0.3 is 35.6 Å². The zero-order chi connectivity index (χ0) is 35.9. The number of carbonyl (C=O) groups excluding carboxylic acids is 3. The van der Waals surface area contributed by atoms with E-state index < -0.39 is 35.0 Å². The third-order valence-corrected chi connectivity index (χ3v) is 8.57. The number of carbonyl (C=O) groups is 4. The van der Waals surface area contributed by atoms with E-state index in [9.17, 15) is 24.0 Å². The second-order valence-electron chi connectivity index (χ2n) is 14.4. The van der Waals surface area contributed by atoms with E-state index >= 15 is 0 Å². The molecule has 1 saturated heterocycles. The molecule has 1 aliphatic heterocycles. The Labute approximate surface area is 286 Å². The van der Waals surface area contributed by atoms with Crippen molar-refractivity contribution in [2.24, 2.45) is 0 Å². The molecular weight excluding hydrogens is 632 g/mol. The molecule has 15 nitrogen and oxygen atoms in total. The molecule has 2 aromatic rings.